The van der Waals surface area contributed by atoms with Gasteiger partial charge < -0.3 is 10.1 Å². The van der Waals surface area contributed by atoms with E-state index in [4.69, 9.17) is 4.74 Å². The summed E-state index contributed by atoms with van der Waals surface area (Å²) in [6.07, 6.45) is 5.70. The lowest BCUT2D eigenvalue weighted by molar-refractivity contribution is -0.115. The molecule has 3 heterocycles. The average Bonchev–Trinajstić information content (AvgIpc) is 3.10. The predicted octanol–water partition coefficient (Wildman–Crippen LogP) is 2.51. The third-order valence-corrected chi connectivity index (χ3v) is 4.19. The number of hydrogen-bond acceptors (Lipinski definition) is 5. The Morgan fingerprint density at radius 1 is 1.41 bits per heavy atom. The molecule has 1 N–H and O–H groups in total. The molecule has 1 fully saturated rings. The third-order valence-electron chi connectivity index (χ3n) is 4.19. The van der Waals surface area contributed by atoms with Crippen LogP contribution in [0.25, 0.3) is 11.2 Å². The van der Waals surface area contributed by atoms with Crippen LogP contribution < -0.4 is 5.32 Å². The number of carbonyl (C=O) groups excluding carboxylic acids is 1. The maximum absolute atomic E-state index is 11.6. The van der Waals surface area contributed by atoms with E-state index in [9.17, 15) is 4.79 Å². The zero-order valence-electron chi connectivity index (χ0n) is 13.1. The first-order valence-electron chi connectivity index (χ1n) is 7.76. The van der Waals surface area contributed by atoms with E-state index < -0.39 is 0 Å². The van der Waals surface area contributed by atoms with Gasteiger partial charge in [0, 0.05) is 6.42 Å². The zero-order chi connectivity index (χ0) is 15.7. The van der Waals surface area contributed by atoms with Crippen LogP contribution in [0.2, 0.25) is 0 Å². The van der Waals surface area contributed by atoms with Crippen molar-refractivity contribution < 1.29 is 9.53 Å². The number of hydrogen-bond donors (Lipinski definition) is 1. The van der Waals surface area contributed by atoms with Gasteiger partial charge in [-0.05, 0) is 18.8 Å². The number of rotatable bonds is 4. The summed E-state index contributed by atoms with van der Waals surface area (Å²) in [5, 5.41) is 2.76. The topological polar surface area (TPSA) is 81.9 Å². The van der Waals surface area contributed by atoms with E-state index in [0.29, 0.717) is 29.3 Å². The molecule has 0 radical (unpaired) electrons. The number of imidazole rings is 1. The maximum atomic E-state index is 11.6. The van der Waals surface area contributed by atoms with Gasteiger partial charge in [-0.1, -0.05) is 20.8 Å². The van der Waals surface area contributed by atoms with Gasteiger partial charge in [0.1, 0.15) is 12.6 Å². The number of fused-ring (bicyclic) bond motifs is 1. The number of anilines is 1. The van der Waals surface area contributed by atoms with Crippen LogP contribution in [0, 0.1) is 5.92 Å². The summed E-state index contributed by atoms with van der Waals surface area (Å²) >= 11 is 0. The standard InChI is InChI=1S/C15H21N5O2/c1-4-10-9(3)6-12(22-10)20-8-18-13-14(19-11(21)5-2)16-7-17-15(13)20/h7-10,12H,4-6H2,1-3H3,(H,16,17,19,21)/t9?,10-,12-/m1/s1. The molecule has 0 aromatic carbocycles. The predicted molar refractivity (Wildman–Crippen MR) is 82.2 cm³/mol. The van der Waals surface area contributed by atoms with E-state index in [1.54, 1.807) is 13.3 Å². The smallest absolute Gasteiger partial charge is 0.225 e. The van der Waals surface area contributed by atoms with Crippen molar-refractivity contribution >= 4 is 22.9 Å². The molecule has 1 aliphatic heterocycles. The fourth-order valence-electron chi connectivity index (χ4n) is 2.91. The SMILES string of the molecule is CCC(=O)Nc1ncnc2c1ncn2[C@H]1CC(C)[C@@H](CC)O1. The minimum atomic E-state index is -0.0914. The van der Waals surface area contributed by atoms with Crippen LogP contribution in [0.5, 0.6) is 0 Å². The molecule has 1 aliphatic rings. The second-order valence-electron chi connectivity index (χ2n) is 5.70. The maximum Gasteiger partial charge on any atom is 0.225 e. The molecular weight excluding hydrogens is 282 g/mol. The van der Waals surface area contributed by atoms with Crippen molar-refractivity contribution in [3.8, 4) is 0 Å². The summed E-state index contributed by atoms with van der Waals surface area (Å²) in [7, 11) is 0. The Morgan fingerprint density at radius 3 is 2.91 bits per heavy atom. The van der Waals surface area contributed by atoms with E-state index >= 15 is 0 Å². The van der Waals surface area contributed by atoms with Gasteiger partial charge in [0.15, 0.2) is 17.0 Å². The normalized spacial score (nSPS) is 24.8. The van der Waals surface area contributed by atoms with Crippen molar-refractivity contribution in [2.75, 3.05) is 5.32 Å². The quantitative estimate of drug-likeness (QED) is 0.938. The first-order chi connectivity index (χ1) is 10.6. The lowest BCUT2D eigenvalue weighted by atomic mass is 10.0. The molecule has 7 heteroatoms. The highest BCUT2D eigenvalue weighted by molar-refractivity contribution is 5.96. The van der Waals surface area contributed by atoms with Crippen LogP contribution in [-0.2, 0) is 9.53 Å². The van der Waals surface area contributed by atoms with Gasteiger partial charge in [0.2, 0.25) is 5.91 Å². The number of ether oxygens (including phenoxy) is 1. The third kappa shape index (κ3) is 2.56. The highest BCUT2D eigenvalue weighted by Gasteiger charge is 2.33. The molecule has 0 aliphatic carbocycles. The number of nitrogens with zero attached hydrogens (tertiary/aromatic N) is 4. The van der Waals surface area contributed by atoms with E-state index in [0.717, 1.165) is 12.8 Å². The molecule has 1 amide bonds. The second kappa shape index (κ2) is 6.00. The summed E-state index contributed by atoms with van der Waals surface area (Å²) in [6.45, 7) is 6.14. The van der Waals surface area contributed by atoms with Gasteiger partial charge in [-0.3, -0.25) is 9.36 Å². The molecule has 0 saturated carbocycles. The van der Waals surface area contributed by atoms with Crippen LogP contribution in [-0.4, -0.2) is 31.5 Å². The highest BCUT2D eigenvalue weighted by Crippen LogP contribution is 2.36. The number of nitrogens with one attached hydrogen (secondary N) is 1. The molecule has 2 aromatic rings. The molecule has 7 nitrogen and oxygen atoms in total. The van der Waals surface area contributed by atoms with Crippen LogP contribution in [0.4, 0.5) is 5.82 Å². The monoisotopic (exact) mass is 303 g/mol. The fourth-order valence-corrected chi connectivity index (χ4v) is 2.91. The summed E-state index contributed by atoms with van der Waals surface area (Å²) in [4.78, 5) is 24.4. The van der Waals surface area contributed by atoms with Gasteiger partial charge in [0.05, 0.1) is 12.4 Å². The lowest BCUT2D eigenvalue weighted by Crippen LogP contribution is -2.13. The van der Waals surface area contributed by atoms with Gasteiger partial charge in [-0.15, -0.1) is 0 Å². The summed E-state index contributed by atoms with van der Waals surface area (Å²) in [5.41, 5.74) is 1.29. The molecule has 3 atom stereocenters. The van der Waals surface area contributed by atoms with Crippen LogP contribution in [0.1, 0.15) is 46.3 Å². The Kier molecular flexibility index (Phi) is 4.06. The first-order valence-corrected chi connectivity index (χ1v) is 7.76. The molecule has 1 unspecified atom stereocenters. The Balaban J connectivity index is 1.93. The van der Waals surface area contributed by atoms with Crippen molar-refractivity contribution in [3.63, 3.8) is 0 Å². The van der Waals surface area contributed by atoms with Crippen LogP contribution in [0.15, 0.2) is 12.7 Å². The second-order valence-corrected chi connectivity index (χ2v) is 5.70. The summed E-state index contributed by atoms with van der Waals surface area (Å²) < 4.78 is 8.03. The van der Waals surface area contributed by atoms with Gasteiger partial charge in [-0.25, -0.2) is 15.0 Å². The Bertz CT molecular complexity index is 684. The van der Waals surface area contributed by atoms with Crippen molar-refractivity contribution in [2.24, 2.45) is 5.92 Å². The van der Waals surface area contributed by atoms with Crippen molar-refractivity contribution in [2.45, 2.75) is 52.4 Å². The molecule has 0 spiro atoms. The van der Waals surface area contributed by atoms with E-state index in [1.807, 2.05) is 4.57 Å². The van der Waals surface area contributed by atoms with E-state index in [2.05, 4.69) is 34.1 Å². The highest BCUT2D eigenvalue weighted by atomic mass is 16.5. The average molecular weight is 303 g/mol. The van der Waals surface area contributed by atoms with Crippen LogP contribution >= 0.6 is 0 Å². The van der Waals surface area contributed by atoms with E-state index in [-0.39, 0.29) is 18.2 Å². The Morgan fingerprint density at radius 2 is 2.23 bits per heavy atom. The Hall–Kier alpha value is -2.02. The Labute approximate surface area is 129 Å². The first kappa shape index (κ1) is 14.9. The molecule has 22 heavy (non-hydrogen) atoms. The number of carbonyl (C=O) groups is 1. The fraction of sp³-hybridized carbons (Fsp3) is 0.600. The zero-order valence-corrected chi connectivity index (χ0v) is 13.1. The van der Waals surface area contributed by atoms with Crippen molar-refractivity contribution in [1.29, 1.82) is 0 Å². The molecule has 118 valence electrons. The van der Waals surface area contributed by atoms with Crippen LogP contribution in [0.3, 0.4) is 0 Å². The summed E-state index contributed by atoms with van der Waals surface area (Å²) in [5.74, 6) is 0.869. The molecule has 1 saturated heterocycles. The minimum absolute atomic E-state index is 0.0606. The van der Waals surface area contributed by atoms with E-state index in [1.165, 1.54) is 6.33 Å². The lowest BCUT2D eigenvalue weighted by Gasteiger charge is -2.14. The number of aromatic nitrogens is 4. The molecule has 3 rings (SSSR count). The van der Waals surface area contributed by atoms with Crippen molar-refractivity contribution in [1.82, 2.24) is 19.5 Å². The molecule has 0 bridgehead atoms. The van der Waals surface area contributed by atoms with Gasteiger partial charge in [-0.2, -0.15) is 0 Å². The molecular formula is C15H21N5O2. The van der Waals surface area contributed by atoms with Crippen molar-refractivity contribution in [3.05, 3.63) is 12.7 Å². The largest absolute Gasteiger partial charge is 0.354 e. The number of amides is 1. The minimum Gasteiger partial charge on any atom is -0.354 e. The molecule has 2 aromatic heterocycles. The van der Waals surface area contributed by atoms with Gasteiger partial charge in [0.25, 0.3) is 0 Å². The van der Waals surface area contributed by atoms with Gasteiger partial charge >= 0.3 is 0 Å². The summed E-state index contributed by atoms with van der Waals surface area (Å²) in [6, 6.07) is 0.